The second-order valence-corrected chi connectivity index (χ2v) is 27.3. The number of carbonyl (C=O) groups is 4. The van der Waals surface area contributed by atoms with Crippen LogP contribution in [0.1, 0.15) is 214 Å². The van der Waals surface area contributed by atoms with E-state index in [2.05, 4.69) is 131 Å². The highest BCUT2D eigenvalue weighted by atomic mass is 16.4. The lowest BCUT2D eigenvalue weighted by atomic mass is 9.66. The standard InChI is InChI=1S/C54H100N6O8/c1-47(2)31-39(32-48(3,4)55-47)57-49(5,6)33-40(34-50(57,7)8)58-51(9,10)35-41(36-52(58,11)12)59-53(13,14)37-42(38-54(59,15)16)60(29-23-45(65)66,30-24-46(67)68)28-20-18-17-19-25-56(26-21-43(61)62)27-22-44(63)64/h39-42,55H,17-38H2,1-16H3,(H3-,61,62,63,64,65,66,67,68)/p+1. The zero-order valence-electron chi connectivity index (χ0n) is 46.0. The molecule has 0 amide bonds. The molecule has 0 aromatic rings. The predicted octanol–water partition coefficient (Wildman–Crippen LogP) is 8.94. The van der Waals surface area contributed by atoms with Crippen molar-refractivity contribution in [2.24, 2.45) is 0 Å². The van der Waals surface area contributed by atoms with Crippen molar-refractivity contribution >= 4 is 23.9 Å². The lowest BCUT2D eigenvalue weighted by Gasteiger charge is -2.68. The van der Waals surface area contributed by atoms with E-state index in [9.17, 15) is 39.6 Å². The third-order valence-corrected chi connectivity index (χ3v) is 17.0. The first-order valence-electron chi connectivity index (χ1n) is 26.5. The van der Waals surface area contributed by atoms with Crippen molar-refractivity contribution in [3.05, 3.63) is 0 Å². The number of hydrogen-bond donors (Lipinski definition) is 5. The average Bonchev–Trinajstić information content (AvgIpc) is 3.09. The first kappa shape index (κ1) is 58.2. The van der Waals surface area contributed by atoms with Gasteiger partial charge in [0.2, 0.25) is 0 Å². The molecule has 0 atom stereocenters. The van der Waals surface area contributed by atoms with Crippen LogP contribution in [0.15, 0.2) is 0 Å². The van der Waals surface area contributed by atoms with E-state index in [4.69, 9.17) is 0 Å². The summed E-state index contributed by atoms with van der Waals surface area (Å²) in [6.07, 6.45) is 11.4. The number of piperidine rings is 4. The molecule has 0 aliphatic carbocycles. The molecule has 0 radical (unpaired) electrons. The van der Waals surface area contributed by atoms with E-state index >= 15 is 0 Å². The van der Waals surface area contributed by atoms with Crippen LogP contribution in [-0.4, -0.2) is 176 Å². The number of quaternary nitrogens is 1. The van der Waals surface area contributed by atoms with E-state index in [1.165, 1.54) is 0 Å². The summed E-state index contributed by atoms with van der Waals surface area (Å²) in [7, 11) is 0. The average molecular weight is 962 g/mol. The van der Waals surface area contributed by atoms with Crippen LogP contribution in [0.3, 0.4) is 0 Å². The third kappa shape index (κ3) is 14.9. The Hall–Kier alpha value is -2.36. The second kappa shape index (κ2) is 21.4. The fraction of sp³-hybridized carbons (Fsp3) is 0.926. The first-order valence-corrected chi connectivity index (χ1v) is 26.5. The van der Waals surface area contributed by atoms with E-state index in [0.717, 1.165) is 77.0 Å². The van der Waals surface area contributed by atoms with Crippen molar-refractivity contribution in [2.75, 3.05) is 39.3 Å². The summed E-state index contributed by atoms with van der Waals surface area (Å²) in [5.41, 5.74) is -0.507. The molecule has 0 aromatic heterocycles. The van der Waals surface area contributed by atoms with Gasteiger partial charge >= 0.3 is 23.9 Å². The molecule has 0 saturated carbocycles. The van der Waals surface area contributed by atoms with Crippen LogP contribution in [0.5, 0.6) is 0 Å². The number of aliphatic carboxylic acids is 4. The van der Waals surface area contributed by atoms with Crippen molar-refractivity contribution in [3.63, 3.8) is 0 Å². The summed E-state index contributed by atoms with van der Waals surface area (Å²) < 4.78 is 0.467. The minimum Gasteiger partial charge on any atom is -0.481 e. The molecule has 14 heteroatoms. The zero-order valence-corrected chi connectivity index (χ0v) is 46.0. The molecule has 394 valence electrons. The van der Waals surface area contributed by atoms with Crippen molar-refractivity contribution in [1.82, 2.24) is 24.9 Å². The summed E-state index contributed by atoms with van der Waals surface area (Å²) in [5.74, 6) is -3.55. The Morgan fingerprint density at radius 2 is 0.735 bits per heavy atom. The molecule has 68 heavy (non-hydrogen) atoms. The van der Waals surface area contributed by atoms with Gasteiger partial charge in [0.05, 0.1) is 51.4 Å². The SMILES string of the molecule is CC1(C)CC(N2C(C)(C)CC(N3C(C)(C)CC(N4C(C)(C)CC([N+](CCCCCCN(CCC(=O)O)CCC(=O)O)(CCC(=O)O)CCC(=O)O)CC4(C)C)CC3(C)C)CC2(C)C)CC(C)(C)N1. The van der Waals surface area contributed by atoms with Crippen molar-refractivity contribution in [1.29, 1.82) is 0 Å². The summed E-state index contributed by atoms with van der Waals surface area (Å²) in [6.45, 7) is 41.6. The van der Waals surface area contributed by atoms with Crippen molar-refractivity contribution in [3.8, 4) is 0 Å². The topological polar surface area (TPSA) is 174 Å². The van der Waals surface area contributed by atoms with Gasteiger partial charge in [0.1, 0.15) is 0 Å². The van der Waals surface area contributed by atoms with Gasteiger partial charge in [-0.1, -0.05) is 6.42 Å². The van der Waals surface area contributed by atoms with E-state index in [0.29, 0.717) is 61.9 Å². The zero-order chi connectivity index (χ0) is 51.7. The Labute approximate surface area is 412 Å². The fourth-order valence-electron chi connectivity index (χ4n) is 16.4. The Kier molecular flexibility index (Phi) is 18.3. The van der Waals surface area contributed by atoms with Gasteiger partial charge in [-0.25, -0.2) is 0 Å². The summed E-state index contributed by atoms with van der Waals surface area (Å²) in [4.78, 5) is 57.7. The van der Waals surface area contributed by atoms with Gasteiger partial charge in [-0.2, -0.15) is 0 Å². The third-order valence-electron chi connectivity index (χ3n) is 17.0. The minimum absolute atomic E-state index is 0.00926. The van der Waals surface area contributed by atoms with Gasteiger partial charge in [-0.15, -0.1) is 0 Å². The molecule has 4 aliphatic rings. The van der Waals surface area contributed by atoms with Crippen molar-refractivity contribution < 1.29 is 44.1 Å². The molecule has 4 saturated heterocycles. The highest BCUT2D eigenvalue weighted by Gasteiger charge is 2.60. The normalized spacial score (nSPS) is 25.6. The molecular weight excluding hydrogens is 861 g/mol. The molecule has 0 spiro atoms. The molecule has 0 unspecified atom stereocenters. The van der Waals surface area contributed by atoms with Gasteiger partial charge in [0, 0.05) is 88.4 Å². The molecule has 4 fully saturated rings. The Bertz CT molecular complexity index is 1650. The molecule has 4 heterocycles. The second-order valence-electron chi connectivity index (χ2n) is 27.3. The minimum atomic E-state index is -0.909. The van der Waals surface area contributed by atoms with Crippen molar-refractivity contribution in [2.45, 2.75) is 282 Å². The van der Waals surface area contributed by atoms with E-state index in [-0.39, 0.29) is 76.0 Å². The maximum atomic E-state index is 12.3. The largest absolute Gasteiger partial charge is 0.481 e. The number of carboxylic acids is 4. The van der Waals surface area contributed by atoms with Crippen LogP contribution < -0.4 is 5.32 Å². The van der Waals surface area contributed by atoms with Gasteiger partial charge in [-0.05, 0) is 175 Å². The summed E-state index contributed by atoms with van der Waals surface area (Å²) in [5, 5.41) is 42.5. The molecular formula is C54H101N6O8+. The first-order chi connectivity index (χ1) is 30.9. The summed E-state index contributed by atoms with van der Waals surface area (Å²) >= 11 is 0. The van der Waals surface area contributed by atoms with Gasteiger partial charge in [-0.3, -0.25) is 33.9 Å². The van der Waals surface area contributed by atoms with Crippen LogP contribution in [-0.2, 0) is 19.2 Å². The van der Waals surface area contributed by atoms with Crippen LogP contribution in [0, 0.1) is 0 Å². The van der Waals surface area contributed by atoms with Crippen LogP contribution in [0.25, 0.3) is 0 Å². The Morgan fingerprint density at radius 3 is 1.07 bits per heavy atom. The van der Waals surface area contributed by atoms with Gasteiger partial charge in [0.15, 0.2) is 0 Å². The number of likely N-dealkylation sites (tertiary alicyclic amines) is 3. The lowest BCUT2D eigenvalue weighted by Crippen LogP contribution is -2.76. The number of carboxylic acid groups (broad SMARTS) is 4. The highest BCUT2D eigenvalue weighted by molar-refractivity contribution is 5.68. The predicted molar refractivity (Wildman–Crippen MR) is 272 cm³/mol. The van der Waals surface area contributed by atoms with Gasteiger partial charge < -0.3 is 35.1 Å². The molecule has 0 aromatic carbocycles. The van der Waals surface area contributed by atoms with Crippen LogP contribution in [0.2, 0.25) is 0 Å². The molecule has 0 bridgehead atoms. The quantitative estimate of drug-likeness (QED) is 0.0486. The Balaban J connectivity index is 1.56. The number of rotatable bonds is 23. The maximum Gasteiger partial charge on any atom is 0.309 e. The van der Waals surface area contributed by atoms with E-state index in [1.807, 2.05) is 4.90 Å². The Morgan fingerprint density at radius 1 is 0.426 bits per heavy atom. The number of nitrogens with zero attached hydrogens (tertiary/aromatic N) is 5. The van der Waals surface area contributed by atoms with Crippen LogP contribution >= 0.6 is 0 Å². The van der Waals surface area contributed by atoms with E-state index in [1.54, 1.807) is 0 Å². The number of hydrogen-bond acceptors (Lipinski definition) is 9. The molecule has 4 rings (SSSR count). The lowest BCUT2D eigenvalue weighted by molar-refractivity contribution is -0.953. The smallest absolute Gasteiger partial charge is 0.309 e. The van der Waals surface area contributed by atoms with Crippen LogP contribution in [0.4, 0.5) is 0 Å². The summed E-state index contributed by atoms with van der Waals surface area (Å²) in [6, 6.07) is 1.30. The number of unbranched alkanes of at least 4 members (excludes halogenated alkanes) is 3. The van der Waals surface area contributed by atoms with Gasteiger partial charge in [0.25, 0.3) is 0 Å². The number of nitrogens with one attached hydrogen (secondary N) is 1. The highest BCUT2D eigenvalue weighted by Crippen LogP contribution is 2.54. The maximum absolute atomic E-state index is 12.3. The molecule has 5 N–H and O–H groups in total. The van der Waals surface area contributed by atoms with E-state index < -0.39 is 23.9 Å². The monoisotopic (exact) mass is 962 g/mol. The molecule has 14 nitrogen and oxygen atoms in total. The molecule has 4 aliphatic heterocycles. The fourth-order valence-corrected chi connectivity index (χ4v) is 16.4.